The van der Waals surface area contributed by atoms with Crippen molar-refractivity contribution in [3.05, 3.63) is 18.2 Å². The molecule has 1 unspecified atom stereocenters. The predicted molar refractivity (Wildman–Crippen MR) is 80.8 cm³/mol. The Morgan fingerprint density at radius 3 is 3.00 bits per heavy atom. The van der Waals surface area contributed by atoms with E-state index in [9.17, 15) is 4.79 Å². The zero-order chi connectivity index (χ0) is 14.5. The molecule has 1 amide bonds. The molecule has 1 atom stereocenters. The summed E-state index contributed by atoms with van der Waals surface area (Å²) in [5.41, 5.74) is 13.2. The van der Waals surface area contributed by atoms with Crippen LogP contribution in [0.5, 0.6) is 5.75 Å². The number of nitrogens with two attached hydrogens (primary N) is 2. The lowest BCUT2D eigenvalue weighted by Gasteiger charge is -2.34. The van der Waals surface area contributed by atoms with E-state index in [-0.39, 0.29) is 11.8 Å². The Balaban J connectivity index is 2.17. The molecule has 1 fully saturated rings. The van der Waals surface area contributed by atoms with Crippen LogP contribution < -0.4 is 21.1 Å². The lowest BCUT2D eigenvalue weighted by Crippen LogP contribution is -2.41. The molecule has 0 radical (unpaired) electrons. The molecule has 0 aromatic heterocycles. The molecule has 0 bridgehead atoms. The highest BCUT2D eigenvalue weighted by atomic mass is 16.5. The summed E-state index contributed by atoms with van der Waals surface area (Å²) < 4.78 is 5.65. The maximum absolute atomic E-state index is 11.4. The van der Waals surface area contributed by atoms with Gasteiger partial charge in [0.15, 0.2) is 0 Å². The second-order valence-electron chi connectivity index (χ2n) is 5.22. The molecule has 0 aliphatic carbocycles. The highest BCUT2D eigenvalue weighted by Gasteiger charge is 2.25. The molecular formula is C15H23N3O2. The third kappa shape index (κ3) is 3.15. The number of nitrogen functional groups attached to an aromatic ring is 1. The molecule has 5 heteroatoms. The minimum absolute atomic E-state index is 0.0941. The number of primary amides is 1. The second-order valence-corrected chi connectivity index (χ2v) is 5.22. The van der Waals surface area contributed by atoms with Crippen LogP contribution in [-0.4, -0.2) is 25.6 Å². The fourth-order valence-corrected chi connectivity index (χ4v) is 2.57. The van der Waals surface area contributed by atoms with E-state index in [2.05, 4.69) is 11.8 Å². The predicted octanol–water partition coefficient (Wildman–Crippen LogP) is 1.76. The molecule has 1 aromatic rings. The first-order valence-electron chi connectivity index (χ1n) is 7.19. The topological polar surface area (TPSA) is 81.6 Å². The zero-order valence-electron chi connectivity index (χ0n) is 12.0. The summed E-state index contributed by atoms with van der Waals surface area (Å²) in [5, 5.41) is 0. The number of amides is 1. The van der Waals surface area contributed by atoms with Crippen molar-refractivity contribution in [3.8, 4) is 5.75 Å². The van der Waals surface area contributed by atoms with Crippen molar-refractivity contribution in [1.29, 1.82) is 0 Å². The maximum Gasteiger partial charge on any atom is 0.222 e. The fraction of sp³-hybridized carbons (Fsp3) is 0.533. The number of hydrogen-bond donors (Lipinski definition) is 2. The molecule has 1 aliphatic rings. The van der Waals surface area contributed by atoms with E-state index in [1.807, 2.05) is 18.2 Å². The number of hydrogen-bond acceptors (Lipinski definition) is 4. The number of benzene rings is 1. The molecule has 0 spiro atoms. The standard InChI is InChI=1S/C15H23N3O2/c1-2-9-20-13-7-3-6-12(14(13)16)18-8-4-5-11(10-18)15(17)19/h3,6-7,11H,2,4-5,8-10,16H2,1H3,(H2,17,19). The van der Waals surface area contributed by atoms with Crippen molar-refractivity contribution in [2.45, 2.75) is 26.2 Å². The quantitative estimate of drug-likeness (QED) is 0.803. The first-order valence-corrected chi connectivity index (χ1v) is 7.19. The van der Waals surface area contributed by atoms with Gasteiger partial charge in [0.25, 0.3) is 0 Å². The summed E-state index contributed by atoms with van der Waals surface area (Å²) in [5.74, 6) is 0.389. The van der Waals surface area contributed by atoms with Gasteiger partial charge in [-0.25, -0.2) is 0 Å². The molecule has 1 aliphatic heterocycles. The maximum atomic E-state index is 11.4. The number of ether oxygens (including phenoxy) is 1. The minimum Gasteiger partial charge on any atom is -0.491 e. The van der Waals surface area contributed by atoms with Gasteiger partial charge < -0.3 is 21.1 Å². The summed E-state index contributed by atoms with van der Waals surface area (Å²) >= 11 is 0. The molecule has 1 saturated heterocycles. The van der Waals surface area contributed by atoms with Crippen LogP contribution in [0.3, 0.4) is 0 Å². The molecule has 0 saturated carbocycles. The van der Waals surface area contributed by atoms with E-state index in [0.29, 0.717) is 24.6 Å². The summed E-state index contributed by atoms with van der Waals surface area (Å²) in [6.07, 6.45) is 2.75. The molecule has 110 valence electrons. The van der Waals surface area contributed by atoms with Crippen LogP contribution in [-0.2, 0) is 4.79 Å². The van der Waals surface area contributed by atoms with Gasteiger partial charge in [-0.3, -0.25) is 4.79 Å². The number of carbonyl (C=O) groups excluding carboxylic acids is 1. The van der Waals surface area contributed by atoms with Crippen LogP contribution in [0.2, 0.25) is 0 Å². The Kier molecular flexibility index (Phi) is 4.71. The molecule has 4 N–H and O–H groups in total. The van der Waals surface area contributed by atoms with Crippen molar-refractivity contribution in [2.75, 3.05) is 30.3 Å². The normalized spacial score (nSPS) is 18.9. The van der Waals surface area contributed by atoms with E-state index >= 15 is 0 Å². The Bertz CT molecular complexity index is 476. The number of para-hydroxylation sites is 1. The van der Waals surface area contributed by atoms with E-state index in [4.69, 9.17) is 16.2 Å². The number of nitrogens with zero attached hydrogens (tertiary/aromatic N) is 1. The highest BCUT2D eigenvalue weighted by Crippen LogP contribution is 2.34. The summed E-state index contributed by atoms with van der Waals surface area (Å²) in [6.45, 7) is 4.24. The van der Waals surface area contributed by atoms with Crippen LogP contribution in [0.25, 0.3) is 0 Å². The third-order valence-electron chi connectivity index (χ3n) is 3.67. The molecule has 1 heterocycles. The Labute approximate surface area is 119 Å². The Morgan fingerprint density at radius 2 is 2.30 bits per heavy atom. The first kappa shape index (κ1) is 14.5. The van der Waals surface area contributed by atoms with Crippen molar-refractivity contribution < 1.29 is 9.53 Å². The third-order valence-corrected chi connectivity index (χ3v) is 3.67. The van der Waals surface area contributed by atoms with Crippen molar-refractivity contribution in [2.24, 2.45) is 11.7 Å². The van der Waals surface area contributed by atoms with Gasteiger partial charge in [0.1, 0.15) is 5.75 Å². The van der Waals surface area contributed by atoms with E-state index < -0.39 is 0 Å². The SMILES string of the molecule is CCCOc1cccc(N2CCCC(C(N)=O)C2)c1N. The molecule has 2 rings (SSSR count). The lowest BCUT2D eigenvalue weighted by molar-refractivity contribution is -0.122. The summed E-state index contributed by atoms with van der Waals surface area (Å²) in [6, 6.07) is 5.78. The van der Waals surface area contributed by atoms with Crippen LogP contribution >= 0.6 is 0 Å². The van der Waals surface area contributed by atoms with Gasteiger partial charge >= 0.3 is 0 Å². The minimum atomic E-state index is -0.230. The van der Waals surface area contributed by atoms with Crippen LogP contribution in [0.15, 0.2) is 18.2 Å². The van der Waals surface area contributed by atoms with Gasteiger partial charge in [0.2, 0.25) is 5.91 Å². The van der Waals surface area contributed by atoms with Crippen LogP contribution in [0.4, 0.5) is 11.4 Å². The number of anilines is 2. The van der Waals surface area contributed by atoms with E-state index in [1.165, 1.54) is 0 Å². The Morgan fingerprint density at radius 1 is 1.50 bits per heavy atom. The molecule has 1 aromatic carbocycles. The van der Waals surface area contributed by atoms with Crippen LogP contribution in [0.1, 0.15) is 26.2 Å². The van der Waals surface area contributed by atoms with Gasteiger partial charge in [0.05, 0.1) is 23.9 Å². The summed E-state index contributed by atoms with van der Waals surface area (Å²) in [7, 11) is 0. The van der Waals surface area contributed by atoms with Gasteiger partial charge in [-0.2, -0.15) is 0 Å². The molecule has 20 heavy (non-hydrogen) atoms. The van der Waals surface area contributed by atoms with Crippen molar-refractivity contribution in [3.63, 3.8) is 0 Å². The number of carbonyl (C=O) groups is 1. The van der Waals surface area contributed by atoms with Gasteiger partial charge in [-0.15, -0.1) is 0 Å². The highest BCUT2D eigenvalue weighted by molar-refractivity contribution is 5.79. The number of rotatable bonds is 5. The average Bonchev–Trinajstić information content (AvgIpc) is 2.46. The molecular weight excluding hydrogens is 254 g/mol. The Hall–Kier alpha value is -1.91. The van der Waals surface area contributed by atoms with Gasteiger partial charge in [0, 0.05) is 13.1 Å². The molecule has 5 nitrogen and oxygen atoms in total. The van der Waals surface area contributed by atoms with Crippen molar-refractivity contribution in [1.82, 2.24) is 0 Å². The van der Waals surface area contributed by atoms with Crippen molar-refractivity contribution >= 4 is 17.3 Å². The van der Waals surface area contributed by atoms with E-state index in [0.717, 1.165) is 31.5 Å². The fourth-order valence-electron chi connectivity index (χ4n) is 2.57. The largest absolute Gasteiger partial charge is 0.491 e. The second kappa shape index (κ2) is 6.50. The number of piperidine rings is 1. The lowest BCUT2D eigenvalue weighted by atomic mass is 9.97. The van der Waals surface area contributed by atoms with Gasteiger partial charge in [-0.05, 0) is 31.4 Å². The monoisotopic (exact) mass is 277 g/mol. The summed E-state index contributed by atoms with van der Waals surface area (Å²) in [4.78, 5) is 13.5. The zero-order valence-corrected chi connectivity index (χ0v) is 12.0. The first-order chi connectivity index (χ1) is 9.63. The van der Waals surface area contributed by atoms with Gasteiger partial charge in [-0.1, -0.05) is 13.0 Å². The smallest absolute Gasteiger partial charge is 0.222 e. The van der Waals surface area contributed by atoms with Crippen LogP contribution in [0, 0.1) is 5.92 Å². The average molecular weight is 277 g/mol. The van der Waals surface area contributed by atoms with E-state index in [1.54, 1.807) is 0 Å².